The SMILES string of the molecule is C=CCn1c(=O)n(CC=C)c(=O)n(CC(=O)NCCc2cccc(Cl)c2)c1=O. The molecule has 0 unspecified atom stereocenters. The van der Waals surface area contributed by atoms with Crippen molar-refractivity contribution in [3.63, 3.8) is 0 Å². The summed E-state index contributed by atoms with van der Waals surface area (Å²) in [5.74, 6) is -0.518. The zero-order valence-corrected chi connectivity index (χ0v) is 16.0. The monoisotopic (exact) mass is 404 g/mol. The number of hydrogen-bond acceptors (Lipinski definition) is 4. The molecule has 0 spiro atoms. The van der Waals surface area contributed by atoms with Crippen LogP contribution in [0, 0.1) is 0 Å². The largest absolute Gasteiger partial charge is 0.354 e. The van der Waals surface area contributed by atoms with Crippen LogP contribution < -0.4 is 22.4 Å². The molecule has 8 nitrogen and oxygen atoms in total. The molecule has 1 N–H and O–H groups in total. The van der Waals surface area contributed by atoms with Crippen LogP contribution in [0.25, 0.3) is 0 Å². The molecule has 2 rings (SSSR count). The fourth-order valence-electron chi connectivity index (χ4n) is 2.63. The number of rotatable bonds is 9. The Morgan fingerprint density at radius 1 is 1.00 bits per heavy atom. The molecule has 1 aromatic carbocycles. The van der Waals surface area contributed by atoms with Crippen molar-refractivity contribution in [2.45, 2.75) is 26.1 Å². The summed E-state index contributed by atoms with van der Waals surface area (Å²) in [6.45, 7) is 6.65. The third-order valence-electron chi connectivity index (χ3n) is 3.94. The van der Waals surface area contributed by atoms with Crippen LogP contribution in [0.1, 0.15) is 5.56 Å². The van der Waals surface area contributed by atoms with E-state index >= 15 is 0 Å². The van der Waals surface area contributed by atoms with Gasteiger partial charge in [0.25, 0.3) is 0 Å². The van der Waals surface area contributed by atoms with Crippen molar-refractivity contribution < 1.29 is 4.79 Å². The lowest BCUT2D eigenvalue weighted by molar-refractivity contribution is -0.121. The minimum atomic E-state index is -0.861. The lowest BCUT2D eigenvalue weighted by Gasteiger charge is -2.12. The van der Waals surface area contributed by atoms with Crippen LogP contribution in [-0.2, 0) is 30.8 Å². The highest BCUT2D eigenvalue weighted by Gasteiger charge is 2.16. The van der Waals surface area contributed by atoms with Crippen LogP contribution in [0.15, 0.2) is 64.0 Å². The maximum absolute atomic E-state index is 12.5. The van der Waals surface area contributed by atoms with Crippen molar-refractivity contribution in [3.8, 4) is 0 Å². The number of amides is 1. The predicted octanol–water partition coefficient (Wildman–Crippen LogP) is 0.556. The lowest BCUT2D eigenvalue weighted by atomic mass is 10.1. The molecule has 0 radical (unpaired) electrons. The van der Waals surface area contributed by atoms with Gasteiger partial charge in [0.15, 0.2) is 0 Å². The van der Waals surface area contributed by atoms with Gasteiger partial charge in [-0.15, -0.1) is 13.2 Å². The normalized spacial score (nSPS) is 10.5. The molecule has 0 aliphatic heterocycles. The van der Waals surface area contributed by atoms with Crippen molar-refractivity contribution in [3.05, 3.63) is 91.6 Å². The number of nitrogens with one attached hydrogen (secondary N) is 1. The highest BCUT2D eigenvalue weighted by Crippen LogP contribution is 2.10. The molecular weight excluding hydrogens is 384 g/mol. The summed E-state index contributed by atoms with van der Waals surface area (Å²) < 4.78 is 2.41. The molecule has 1 aromatic heterocycles. The van der Waals surface area contributed by atoms with Gasteiger partial charge in [-0.3, -0.25) is 4.79 Å². The van der Waals surface area contributed by atoms with Crippen molar-refractivity contribution >= 4 is 17.5 Å². The van der Waals surface area contributed by atoms with Crippen LogP contribution in [0.2, 0.25) is 5.02 Å². The Morgan fingerprint density at radius 2 is 1.57 bits per heavy atom. The van der Waals surface area contributed by atoms with Gasteiger partial charge in [0.2, 0.25) is 5.91 Å². The van der Waals surface area contributed by atoms with Crippen molar-refractivity contribution in [1.82, 2.24) is 19.0 Å². The fraction of sp³-hybridized carbons (Fsp3) is 0.263. The number of aromatic nitrogens is 3. The fourth-order valence-corrected chi connectivity index (χ4v) is 2.84. The minimum absolute atomic E-state index is 0.0779. The number of carbonyl (C=O) groups excluding carboxylic acids is 1. The summed E-state index contributed by atoms with van der Waals surface area (Å²) in [4.78, 5) is 49.5. The van der Waals surface area contributed by atoms with Gasteiger partial charge in [-0.05, 0) is 24.1 Å². The topological polar surface area (TPSA) is 95.1 Å². The summed E-state index contributed by atoms with van der Waals surface area (Å²) in [6.07, 6.45) is 3.26. The van der Waals surface area contributed by atoms with E-state index in [9.17, 15) is 19.2 Å². The number of benzene rings is 1. The molecule has 1 amide bonds. The number of nitrogens with zero attached hydrogens (tertiary/aromatic N) is 3. The van der Waals surface area contributed by atoms with Crippen LogP contribution in [0.5, 0.6) is 0 Å². The summed E-state index contributed by atoms with van der Waals surface area (Å²) in [6, 6.07) is 7.23. The number of carbonyl (C=O) groups is 1. The van der Waals surface area contributed by atoms with E-state index in [1.165, 1.54) is 12.2 Å². The van der Waals surface area contributed by atoms with Gasteiger partial charge in [-0.25, -0.2) is 28.1 Å². The summed E-state index contributed by atoms with van der Waals surface area (Å²) in [5, 5.41) is 3.25. The second-order valence-corrected chi connectivity index (χ2v) is 6.40. The second-order valence-electron chi connectivity index (χ2n) is 5.96. The number of halogens is 1. The molecule has 0 aliphatic carbocycles. The Balaban J connectivity index is 2.19. The zero-order chi connectivity index (χ0) is 20.7. The van der Waals surface area contributed by atoms with E-state index in [0.717, 1.165) is 19.3 Å². The van der Waals surface area contributed by atoms with Crippen molar-refractivity contribution in [2.24, 2.45) is 0 Å². The second kappa shape index (κ2) is 9.70. The Bertz CT molecular complexity index is 1020. The van der Waals surface area contributed by atoms with Gasteiger partial charge >= 0.3 is 17.1 Å². The molecule has 0 atom stereocenters. The maximum Gasteiger partial charge on any atom is 0.337 e. The molecule has 0 saturated heterocycles. The molecule has 0 fully saturated rings. The van der Waals surface area contributed by atoms with Crippen LogP contribution >= 0.6 is 11.6 Å². The Morgan fingerprint density at radius 3 is 2.11 bits per heavy atom. The molecule has 1 heterocycles. The average Bonchev–Trinajstić information content (AvgIpc) is 2.66. The molecule has 28 heavy (non-hydrogen) atoms. The van der Waals surface area contributed by atoms with Crippen LogP contribution in [0.4, 0.5) is 0 Å². The van der Waals surface area contributed by atoms with Gasteiger partial charge < -0.3 is 5.32 Å². The average molecular weight is 405 g/mol. The van der Waals surface area contributed by atoms with E-state index in [0.29, 0.717) is 18.0 Å². The molecule has 0 bridgehead atoms. The standard InChI is InChI=1S/C19H21ClN4O4/c1-3-10-22-17(26)23(11-4-2)19(28)24(18(22)27)13-16(25)21-9-8-14-6-5-7-15(20)12-14/h3-7,12H,1-2,8-11,13H2,(H,21,25). The number of hydrogen-bond donors (Lipinski definition) is 1. The van der Waals surface area contributed by atoms with E-state index in [4.69, 9.17) is 11.6 Å². The summed E-state index contributed by atoms with van der Waals surface area (Å²) >= 11 is 5.92. The Hall–Kier alpha value is -3.13. The van der Waals surface area contributed by atoms with Gasteiger partial charge in [0, 0.05) is 11.6 Å². The first kappa shape index (κ1) is 21.2. The third kappa shape index (κ3) is 4.98. The predicted molar refractivity (Wildman–Crippen MR) is 108 cm³/mol. The van der Waals surface area contributed by atoms with Gasteiger partial charge in [-0.1, -0.05) is 35.9 Å². The van der Waals surface area contributed by atoms with Gasteiger partial charge in [-0.2, -0.15) is 0 Å². The molecule has 0 aliphatic rings. The summed E-state index contributed by atoms with van der Waals surface area (Å²) in [7, 11) is 0. The molecule has 0 saturated carbocycles. The van der Waals surface area contributed by atoms with Crippen molar-refractivity contribution in [1.29, 1.82) is 0 Å². The van der Waals surface area contributed by atoms with Gasteiger partial charge in [0.1, 0.15) is 6.54 Å². The van der Waals surface area contributed by atoms with Crippen LogP contribution in [-0.4, -0.2) is 26.2 Å². The maximum atomic E-state index is 12.5. The highest BCUT2D eigenvalue weighted by molar-refractivity contribution is 6.30. The first-order chi connectivity index (χ1) is 13.4. The number of allylic oxidation sites excluding steroid dienone is 2. The lowest BCUT2D eigenvalue weighted by Crippen LogP contribution is -2.55. The van der Waals surface area contributed by atoms with Crippen LogP contribution in [0.3, 0.4) is 0 Å². The van der Waals surface area contributed by atoms with E-state index < -0.39 is 29.5 Å². The first-order valence-electron chi connectivity index (χ1n) is 8.56. The van der Waals surface area contributed by atoms with E-state index in [1.54, 1.807) is 12.1 Å². The zero-order valence-electron chi connectivity index (χ0n) is 15.3. The molecule has 9 heteroatoms. The van der Waals surface area contributed by atoms with Gasteiger partial charge in [0.05, 0.1) is 13.1 Å². The smallest absolute Gasteiger partial charge is 0.337 e. The van der Waals surface area contributed by atoms with E-state index in [-0.39, 0.29) is 13.1 Å². The Kier molecular flexibility index (Phi) is 7.34. The molecule has 148 valence electrons. The minimum Gasteiger partial charge on any atom is -0.354 e. The molecular formula is C19H21ClN4O4. The quantitative estimate of drug-likeness (QED) is 0.618. The summed E-state index contributed by atoms with van der Waals surface area (Å²) in [5.41, 5.74) is -1.55. The van der Waals surface area contributed by atoms with E-state index in [2.05, 4.69) is 18.5 Å². The first-order valence-corrected chi connectivity index (χ1v) is 8.94. The van der Waals surface area contributed by atoms with E-state index in [1.807, 2.05) is 12.1 Å². The third-order valence-corrected chi connectivity index (χ3v) is 4.17. The van der Waals surface area contributed by atoms with Crippen molar-refractivity contribution in [2.75, 3.05) is 6.54 Å². The molecule has 2 aromatic rings. The highest BCUT2D eigenvalue weighted by atomic mass is 35.5. The Labute approximate surface area is 166 Å².